The van der Waals surface area contributed by atoms with Crippen LogP contribution in [0.3, 0.4) is 0 Å². The Morgan fingerprint density at radius 3 is 2.52 bits per heavy atom. The predicted molar refractivity (Wildman–Crippen MR) is 96.9 cm³/mol. The van der Waals surface area contributed by atoms with E-state index in [1.165, 1.54) is 11.3 Å². The van der Waals surface area contributed by atoms with E-state index in [-0.39, 0.29) is 0 Å². The normalized spacial score (nSPS) is 11.2. The van der Waals surface area contributed by atoms with Crippen molar-refractivity contribution in [3.8, 4) is 0 Å². The average Bonchev–Trinajstić information content (AvgIpc) is 2.78. The molecule has 0 aromatic carbocycles. The lowest BCUT2D eigenvalue weighted by molar-refractivity contribution is 0.0529. The van der Waals surface area contributed by atoms with Crippen LogP contribution in [0.2, 0.25) is 0 Å². The maximum Gasteiger partial charge on any atom is 0.407 e. The fourth-order valence-electron chi connectivity index (χ4n) is 1.53. The number of carbonyl (C=O) groups is 1. The van der Waals surface area contributed by atoms with Crippen LogP contribution in [0, 0.1) is 5.92 Å². The van der Waals surface area contributed by atoms with Gasteiger partial charge in [-0.15, -0.1) is 10.2 Å². The molecule has 0 saturated heterocycles. The summed E-state index contributed by atoms with van der Waals surface area (Å²) in [6.07, 6.45) is 0.458. The molecule has 1 heterocycles. The van der Waals surface area contributed by atoms with Crippen molar-refractivity contribution in [2.45, 2.75) is 46.6 Å². The summed E-state index contributed by atoms with van der Waals surface area (Å²) in [4.78, 5) is 11.5. The summed E-state index contributed by atoms with van der Waals surface area (Å²) in [5.74, 6) is 0.541. The third kappa shape index (κ3) is 9.29. The number of hydrogen-bond donors (Lipinski definition) is 3. The molecule has 0 aliphatic rings. The summed E-state index contributed by atoms with van der Waals surface area (Å²) in [5.41, 5.74) is -0.500. The van der Waals surface area contributed by atoms with Gasteiger partial charge in [0.05, 0.1) is 0 Å². The quantitative estimate of drug-likeness (QED) is 0.531. The molecule has 23 heavy (non-hydrogen) atoms. The van der Waals surface area contributed by atoms with Gasteiger partial charge in [-0.1, -0.05) is 25.2 Å². The van der Waals surface area contributed by atoms with Crippen LogP contribution in [-0.4, -0.2) is 40.1 Å². The number of anilines is 1. The number of hydrogen-bond acceptors (Lipinski definition) is 6. The van der Waals surface area contributed by atoms with Gasteiger partial charge in [0.1, 0.15) is 10.6 Å². The number of amides is 1. The third-order valence-corrected chi connectivity index (χ3v) is 3.46. The smallest absolute Gasteiger partial charge is 0.407 e. The molecule has 0 spiro atoms. The van der Waals surface area contributed by atoms with Crippen molar-refractivity contribution >= 4 is 39.9 Å². The van der Waals surface area contributed by atoms with Gasteiger partial charge >= 0.3 is 6.09 Å². The maximum atomic E-state index is 11.5. The van der Waals surface area contributed by atoms with Crippen LogP contribution in [0.5, 0.6) is 0 Å². The van der Waals surface area contributed by atoms with Crippen molar-refractivity contribution in [3.05, 3.63) is 5.01 Å². The lowest BCUT2D eigenvalue weighted by atomic mass is 10.1. The molecule has 9 heteroatoms. The van der Waals surface area contributed by atoms with Gasteiger partial charge in [0.15, 0.2) is 5.11 Å². The number of rotatable bonds is 6. The van der Waals surface area contributed by atoms with Gasteiger partial charge in [0.25, 0.3) is 0 Å². The van der Waals surface area contributed by atoms with E-state index >= 15 is 0 Å². The number of nitrogens with zero attached hydrogens (tertiary/aromatic N) is 2. The Bertz CT molecular complexity index is 525. The molecule has 0 bridgehead atoms. The number of thiocarbonyl (C=S) groups is 1. The fraction of sp³-hybridized carbons (Fsp3) is 0.714. The van der Waals surface area contributed by atoms with E-state index in [1.54, 1.807) is 0 Å². The van der Waals surface area contributed by atoms with Crippen LogP contribution in [-0.2, 0) is 11.2 Å². The highest BCUT2D eigenvalue weighted by Crippen LogP contribution is 2.17. The van der Waals surface area contributed by atoms with Gasteiger partial charge in [0, 0.05) is 19.5 Å². The molecule has 1 amide bonds. The van der Waals surface area contributed by atoms with Crippen molar-refractivity contribution in [3.63, 3.8) is 0 Å². The lowest BCUT2D eigenvalue weighted by Gasteiger charge is -2.19. The van der Waals surface area contributed by atoms with Crippen LogP contribution < -0.4 is 16.0 Å². The van der Waals surface area contributed by atoms with Crippen molar-refractivity contribution in [1.82, 2.24) is 20.8 Å². The number of carbonyl (C=O) groups excluding carboxylic acids is 1. The molecule has 130 valence electrons. The van der Waals surface area contributed by atoms with Gasteiger partial charge < -0.3 is 20.7 Å². The highest BCUT2D eigenvalue weighted by atomic mass is 32.1. The van der Waals surface area contributed by atoms with Crippen LogP contribution in [0.4, 0.5) is 9.93 Å². The summed E-state index contributed by atoms with van der Waals surface area (Å²) in [6, 6.07) is 0. The fourth-order valence-corrected chi connectivity index (χ4v) is 2.75. The molecular formula is C14H25N5O2S2. The standard InChI is InChI=1S/C14H25N5O2S2/c1-9(2)8-10-18-19-12(23-10)17-11(22)15-6-7-16-13(20)21-14(3,4)5/h9H,6-8H2,1-5H3,(H,16,20)(H2,15,17,19,22). The molecule has 0 aliphatic carbocycles. The van der Waals surface area contributed by atoms with E-state index in [0.717, 1.165) is 11.4 Å². The van der Waals surface area contributed by atoms with Gasteiger partial charge in [-0.05, 0) is 38.9 Å². The summed E-state index contributed by atoms with van der Waals surface area (Å²) in [6.45, 7) is 10.6. The molecule has 0 unspecified atom stereocenters. The largest absolute Gasteiger partial charge is 0.444 e. The Morgan fingerprint density at radius 1 is 1.26 bits per heavy atom. The first-order valence-corrected chi connectivity index (χ1v) is 8.72. The van der Waals surface area contributed by atoms with Crippen LogP contribution in [0.1, 0.15) is 39.6 Å². The zero-order chi connectivity index (χ0) is 17.5. The van der Waals surface area contributed by atoms with Crippen molar-refractivity contribution < 1.29 is 9.53 Å². The third-order valence-electron chi connectivity index (χ3n) is 2.35. The molecule has 1 rings (SSSR count). The maximum absolute atomic E-state index is 11.5. The molecule has 0 atom stereocenters. The first-order valence-electron chi connectivity index (χ1n) is 7.50. The number of nitrogens with one attached hydrogen (secondary N) is 3. The van der Waals surface area contributed by atoms with E-state index in [0.29, 0.717) is 29.3 Å². The molecule has 7 nitrogen and oxygen atoms in total. The Kier molecular flexibility index (Phi) is 7.63. The van der Waals surface area contributed by atoms with Crippen molar-refractivity contribution in [2.75, 3.05) is 18.4 Å². The molecule has 3 N–H and O–H groups in total. The minimum atomic E-state index is -0.500. The minimum Gasteiger partial charge on any atom is -0.444 e. The minimum absolute atomic E-state index is 0.408. The summed E-state index contributed by atoms with van der Waals surface area (Å²) >= 11 is 6.66. The Labute approximate surface area is 146 Å². The average molecular weight is 360 g/mol. The zero-order valence-corrected chi connectivity index (χ0v) is 15.9. The predicted octanol–water partition coefficient (Wildman–Crippen LogP) is 2.55. The molecule has 0 radical (unpaired) electrons. The molecular weight excluding hydrogens is 334 g/mol. The van der Waals surface area contributed by atoms with Gasteiger partial charge in [0.2, 0.25) is 5.13 Å². The van der Waals surface area contributed by atoms with Crippen LogP contribution >= 0.6 is 23.6 Å². The van der Waals surface area contributed by atoms with E-state index in [2.05, 4.69) is 40.0 Å². The zero-order valence-electron chi connectivity index (χ0n) is 14.2. The van der Waals surface area contributed by atoms with E-state index < -0.39 is 11.7 Å². The Hall–Kier alpha value is -1.48. The van der Waals surface area contributed by atoms with Crippen molar-refractivity contribution in [2.24, 2.45) is 5.92 Å². The van der Waals surface area contributed by atoms with E-state index in [9.17, 15) is 4.79 Å². The van der Waals surface area contributed by atoms with Gasteiger partial charge in [-0.3, -0.25) is 0 Å². The SMILES string of the molecule is CC(C)Cc1nnc(NC(=S)NCCNC(=O)OC(C)(C)C)s1. The second kappa shape index (κ2) is 8.97. The van der Waals surface area contributed by atoms with Crippen LogP contribution in [0.25, 0.3) is 0 Å². The number of aromatic nitrogens is 2. The van der Waals surface area contributed by atoms with E-state index in [4.69, 9.17) is 17.0 Å². The van der Waals surface area contributed by atoms with Gasteiger partial charge in [-0.2, -0.15) is 0 Å². The molecule has 1 aromatic heterocycles. The van der Waals surface area contributed by atoms with Crippen molar-refractivity contribution in [1.29, 1.82) is 0 Å². The summed E-state index contributed by atoms with van der Waals surface area (Å²) < 4.78 is 5.13. The molecule has 0 saturated carbocycles. The second-order valence-corrected chi connectivity index (χ2v) is 7.88. The Morgan fingerprint density at radius 2 is 1.91 bits per heavy atom. The highest BCUT2D eigenvalue weighted by molar-refractivity contribution is 7.80. The molecule has 0 aliphatic heterocycles. The van der Waals surface area contributed by atoms with Crippen LogP contribution in [0.15, 0.2) is 0 Å². The lowest BCUT2D eigenvalue weighted by Crippen LogP contribution is -2.39. The highest BCUT2D eigenvalue weighted by Gasteiger charge is 2.15. The second-order valence-electron chi connectivity index (χ2n) is 6.41. The van der Waals surface area contributed by atoms with E-state index in [1.807, 2.05) is 20.8 Å². The number of alkyl carbamates (subject to hydrolysis) is 1. The summed E-state index contributed by atoms with van der Waals surface area (Å²) in [5, 5.41) is 18.9. The first-order chi connectivity index (χ1) is 10.7. The topological polar surface area (TPSA) is 88.2 Å². The van der Waals surface area contributed by atoms with Gasteiger partial charge in [-0.25, -0.2) is 4.79 Å². The first kappa shape index (κ1) is 19.6. The number of ether oxygens (including phenoxy) is 1. The molecule has 1 aromatic rings. The monoisotopic (exact) mass is 359 g/mol. The molecule has 0 fully saturated rings. The summed E-state index contributed by atoms with van der Waals surface area (Å²) in [7, 11) is 0. The Balaban J connectivity index is 2.22.